The lowest BCUT2D eigenvalue weighted by molar-refractivity contribution is -0.121. The van der Waals surface area contributed by atoms with E-state index in [2.05, 4.69) is 10.0 Å². The first-order valence-electron chi connectivity index (χ1n) is 7.67. The minimum Gasteiger partial charge on any atom is -0.351 e. The second kappa shape index (κ2) is 8.43. The molecule has 1 amide bonds. The summed E-state index contributed by atoms with van der Waals surface area (Å²) in [5, 5.41) is 2.85. The predicted octanol–water partition coefficient (Wildman–Crippen LogP) is 1.70. The van der Waals surface area contributed by atoms with Crippen LogP contribution < -0.4 is 15.8 Å². The van der Waals surface area contributed by atoms with Gasteiger partial charge < -0.3 is 11.1 Å². The van der Waals surface area contributed by atoms with Crippen molar-refractivity contribution in [3.05, 3.63) is 16.5 Å². The third-order valence-electron chi connectivity index (χ3n) is 4.06. The lowest BCUT2D eigenvalue weighted by Crippen LogP contribution is -2.49. The number of rotatable bonds is 7. The molecule has 130 valence electrons. The van der Waals surface area contributed by atoms with Crippen molar-refractivity contribution >= 4 is 38.9 Å². The molecular formula is C14H22ClN3O3S2. The van der Waals surface area contributed by atoms with E-state index in [1.54, 1.807) is 0 Å². The fourth-order valence-corrected chi connectivity index (χ4v) is 5.35. The Morgan fingerprint density at radius 2 is 2.04 bits per heavy atom. The fraction of sp³-hybridized carbons (Fsp3) is 0.643. The number of nitrogens with two attached hydrogens (primary N) is 1. The average molecular weight is 380 g/mol. The largest absolute Gasteiger partial charge is 0.351 e. The van der Waals surface area contributed by atoms with E-state index in [4.69, 9.17) is 17.3 Å². The van der Waals surface area contributed by atoms with Crippen LogP contribution in [0.15, 0.2) is 16.3 Å². The van der Waals surface area contributed by atoms with E-state index >= 15 is 0 Å². The van der Waals surface area contributed by atoms with Gasteiger partial charge in [0.1, 0.15) is 4.21 Å². The van der Waals surface area contributed by atoms with E-state index in [-0.39, 0.29) is 22.7 Å². The third-order valence-corrected chi connectivity index (χ3v) is 7.18. The van der Waals surface area contributed by atoms with Gasteiger partial charge in [0.25, 0.3) is 10.0 Å². The Morgan fingerprint density at radius 3 is 2.61 bits per heavy atom. The quantitative estimate of drug-likeness (QED) is 0.671. The Labute approximate surface area is 145 Å². The number of hydrogen-bond donors (Lipinski definition) is 3. The molecule has 23 heavy (non-hydrogen) atoms. The van der Waals surface area contributed by atoms with Crippen LogP contribution in [-0.4, -0.2) is 33.5 Å². The molecular weight excluding hydrogens is 358 g/mol. The number of nitrogens with one attached hydrogen (secondary N) is 2. The third kappa shape index (κ3) is 5.42. The van der Waals surface area contributed by atoms with Gasteiger partial charge in [-0.05, 0) is 30.9 Å². The molecule has 1 heterocycles. The zero-order valence-electron chi connectivity index (χ0n) is 12.8. The first-order chi connectivity index (χ1) is 10.9. The van der Waals surface area contributed by atoms with Gasteiger partial charge in [-0.2, -0.15) is 0 Å². The van der Waals surface area contributed by atoms with Crippen LogP contribution in [0.25, 0.3) is 0 Å². The summed E-state index contributed by atoms with van der Waals surface area (Å²) in [6.07, 6.45) is 5.65. The zero-order valence-corrected chi connectivity index (χ0v) is 15.1. The maximum absolute atomic E-state index is 12.0. The molecule has 2 rings (SSSR count). The van der Waals surface area contributed by atoms with Gasteiger partial charge in [0.15, 0.2) is 0 Å². The number of amides is 1. The Bertz CT molecular complexity index is 627. The molecule has 1 fully saturated rings. The van der Waals surface area contributed by atoms with E-state index in [0.717, 1.165) is 37.0 Å². The molecule has 4 N–H and O–H groups in total. The van der Waals surface area contributed by atoms with Gasteiger partial charge in [-0.15, -0.1) is 11.3 Å². The second-order valence-electron chi connectivity index (χ2n) is 5.69. The van der Waals surface area contributed by atoms with Crippen LogP contribution in [-0.2, 0) is 14.8 Å². The van der Waals surface area contributed by atoms with Crippen LogP contribution in [0, 0.1) is 5.92 Å². The number of carbonyl (C=O) groups is 1. The molecule has 1 aliphatic carbocycles. The number of halogens is 1. The molecule has 0 aromatic carbocycles. The maximum atomic E-state index is 12.0. The molecule has 0 aliphatic heterocycles. The Hall–Kier alpha value is -0.670. The number of carbonyl (C=O) groups excluding carboxylic acids is 1. The molecule has 1 aliphatic rings. The number of thiophene rings is 1. The molecule has 9 heteroatoms. The summed E-state index contributed by atoms with van der Waals surface area (Å²) in [4.78, 5) is 12.0. The average Bonchev–Trinajstić information content (AvgIpc) is 2.99. The van der Waals surface area contributed by atoms with Gasteiger partial charge in [0.2, 0.25) is 5.91 Å². The predicted molar refractivity (Wildman–Crippen MR) is 92.1 cm³/mol. The molecule has 1 saturated carbocycles. The van der Waals surface area contributed by atoms with Gasteiger partial charge in [0.05, 0.1) is 10.9 Å². The summed E-state index contributed by atoms with van der Waals surface area (Å²) in [6.45, 7) is 0.0603. The second-order valence-corrected chi connectivity index (χ2v) is 9.40. The Morgan fingerprint density at radius 1 is 1.35 bits per heavy atom. The van der Waals surface area contributed by atoms with Gasteiger partial charge in [-0.1, -0.05) is 30.9 Å². The van der Waals surface area contributed by atoms with Crippen molar-refractivity contribution in [1.82, 2.24) is 10.0 Å². The Kier molecular flexibility index (Phi) is 6.84. The minimum atomic E-state index is -3.71. The summed E-state index contributed by atoms with van der Waals surface area (Å²) in [6, 6.07) is 2.83. The molecule has 0 spiro atoms. The summed E-state index contributed by atoms with van der Waals surface area (Å²) in [5.74, 6) is 0.0164. The van der Waals surface area contributed by atoms with Gasteiger partial charge in [-0.3, -0.25) is 4.79 Å². The summed E-state index contributed by atoms with van der Waals surface area (Å²) in [5.41, 5.74) is 5.76. The molecule has 0 saturated heterocycles. The summed E-state index contributed by atoms with van der Waals surface area (Å²) in [7, 11) is -3.71. The highest BCUT2D eigenvalue weighted by molar-refractivity contribution is 7.91. The monoisotopic (exact) mass is 379 g/mol. The van der Waals surface area contributed by atoms with Crippen LogP contribution >= 0.6 is 22.9 Å². The maximum Gasteiger partial charge on any atom is 0.250 e. The zero-order chi connectivity index (χ0) is 16.9. The van der Waals surface area contributed by atoms with E-state index < -0.39 is 10.0 Å². The SMILES string of the molecule is NCC(NC(=O)CNS(=O)(=O)c1ccc(Cl)s1)C1CCCCC1. The van der Waals surface area contributed by atoms with Gasteiger partial charge >= 0.3 is 0 Å². The van der Waals surface area contributed by atoms with Crippen molar-refractivity contribution in [3.63, 3.8) is 0 Å². The fourth-order valence-electron chi connectivity index (χ4n) is 2.84. The summed E-state index contributed by atoms with van der Waals surface area (Å²) >= 11 is 6.69. The van der Waals surface area contributed by atoms with E-state index in [1.807, 2.05) is 0 Å². The minimum absolute atomic E-state index is 0.0940. The van der Waals surface area contributed by atoms with E-state index in [9.17, 15) is 13.2 Å². The standard InChI is InChI=1S/C14H22ClN3O3S2/c15-12-6-7-14(22-12)23(20,21)17-9-13(19)18-11(8-16)10-4-2-1-3-5-10/h6-7,10-11,17H,1-5,8-9,16H2,(H,18,19). The van der Waals surface area contributed by atoms with Crippen LogP contribution in [0.4, 0.5) is 0 Å². The first kappa shape index (κ1) is 18.7. The molecule has 0 radical (unpaired) electrons. The first-order valence-corrected chi connectivity index (χ1v) is 10.3. The number of hydrogen-bond acceptors (Lipinski definition) is 5. The van der Waals surface area contributed by atoms with Crippen LogP contribution in [0.5, 0.6) is 0 Å². The molecule has 1 aromatic heterocycles. The molecule has 0 bridgehead atoms. The van der Waals surface area contributed by atoms with Crippen molar-refractivity contribution in [1.29, 1.82) is 0 Å². The van der Waals surface area contributed by atoms with Crippen LogP contribution in [0.2, 0.25) is 4.34 Å². The van der Waals surface area contributed by atoms with Crippen LogP contribution in [0.1, 0.15) is 32.1 Å². The van der Waals surface area contributed by atoms with Crippen molar-refractivity contribution in [2.24, 2.45) is 11.7 Å². The molecule has 6 nitrogen and oxygen atoms in total. The smallest absolute Gasteiger partial charge is 0.250 e. The van der Waals surface area contributed by atoms with Gasteiger partial charge in [-0.25, -0.2) is 13.1 Å². The van der Waals surface area contributed by atoms with Crippen molar-refractivity contribution in [3.8, 4) is 0 Å². The Balaban J connectivity index is 1.86. The van der Waals surface area contributed by atoms with Crippen molar-refractivity contribution in [2.45, 2.75) is 42.4 Å². The number of sulfonamides is 1. The molecule has 1 unspecified atom stereocenters. The van der Waals surface area contributed by atoms with Gasteiger partial charge in [0, 0.05) is 12.6 Å². The highest BCUT2D eigenvalue weighted by Gasteiger charge is 2.25. The normalized spacial score (nSPS) is 17.8. The summed E-state index contributed by atoms with van der Waals surface area (Å²) < 4.78 is 26.9. The van der Waals surface area contributed by atoms with Crippen molar-refractivity contribution in [2.75, 3.05) is 13.1 Å². The van der Waals surface area contributed by atoms with E-state index in [1.165, 1.54) is 18.6 Å². The topological polar surface area (TPSA) is 101 Å². The van der Waals surface area contributed by atoms with Crippen LogP contribution in [0.3, 0.4) is 0 Å². The molecule has 1 aromatic rings. The van der Waals surface area contributed by atoms with E-state index in [0.29, 0.717) is 16.8 Å². The lowest BCUT2D eigenvalue weighted by atomic mass is 9.84. The lowest BCUT2D eigenvalue weighted by Gasteiger charge is -2.30. The highest BCUT2D eigenvalue weighted by atomic mass is 35.5. The highest BCUT2D eigenvalue weighted by Crippen LogP contribution is 2.26. The molecule has 1 atom stereocenters. The van der Waals surface area contributed by atoms with Crippen molar-refractivity contribution < 1.29 is 13.2 Å².